The number of hydrogen-bond acceptors (Lipinski definition) is 1. The number of hydrogen-bond donors (Lipinski definition) is 0. The van der Waals surface area contributed by atoms with Crippen molar-refractivity contribution in [2.24, 2.45) is 0 Å². The van der Waals surface area contributed by atoms with Crippen molar-refractivity contribution in [3.05, 3.63) is 65.2 Å². The molecular formula is C17H14O. The summed E-state index contributed by atoms with van der Waals surface area (Å²) in [5, 5.41) is 0. The second-order valence-corrected chi connectivity index (χ2v) is 3.87. The second-order valence-electron chi connectivity index (χ2n) is 3.87. The maximum Gasteiger partial charge on any atom is 0.118 e. The van der Waals surface area contributed by atoms with E-state index in [1.54, 1.807) is 7.11 Å². The molecule has 0 bridgehead atoms. The smallest absolute Gasteiger partial charge is 0.118 e. The van der Waals surface area contributed by atoms with Gasteiger partial charge in [-0.25, -0.2) is 0 Å². The molecule has 0 radical (unpaired) electrons. The average Bonchev–Trinajstić information content (AvgIpc) is 2.46. The van der Waals surface area contributed by atoms with Gasteiger partial charge < -0.3 is 4.74 Å². The lowest BCUT2D eigenvalue weighted by Gasteiger charge is -1.99. The minimum Gasteiger partial charge on any atom is -0.497 e. The maximum atomic E-state index is 5.31. The van der Waals surface area contributed by atoms with Gasteiger partial charge in [0.2, 0.25) is 0 Å². The Bertz CT molecular complexity index is 569. The maximum absolute atomic E-state index is 5.31. The van der Waals surface area contributed by atoms with Crippen LogP contribution in [0.4, 0.5) is 0 Å². The third-order valence-electron chi connectivity index (χ3n) is 2.66. The fourth-order valence-corrected chi connectivity index (χ4v) is 1.60. The highest BCUT2D eigenvalue weighted by Gasteiger charge is 1.91. The molecule has 0 N–H and O–H groups in total. The molecule has 2 aromatic carbocycles. The molecule has 0 unspecified atom stereocenters. The molecule has 0 aliphatic rings. The van der Waals surface area contributed by atoms with E-state index in [4.69, 9.17) is 11.2 Å². The van der Waals surface area contributed by atoms with E-state index in [-0.39, 0.29) is 0 Å². The van der Waals surface area contributed by atoms with Gasteiger partial charge >= 0.3 is 0 Å². The summed E-state index contributed by atoms with van der Waals surface area (Å²) in [5.74, 6) is 3.47. The van der Waals surface area contributed by atoms with Crippen LogP contribution in [-0.2, 0) is 0 Å². The van der Waals surface area contributed by atoms with Crippen molar-refractivity contribution in [2.45, 2.75) is 0 Å². The normalized spacial score (nSPS) is 10.2. The van der Waals surface area contributed by atoms with Gasteiger partial charge in [-0.15, -0.1) is 6.42 Å². The van der Waals surface area contributed by atoms with Crippen molar-refractivity contribution in [1.82, 2.24) is 0 Å². The molecule has 2 aromatic rings. The Morgan fingerprint density at radius 2 is 1.39 bits per heavy atom. The number of benzene rings is 2. The van der Waals surface area contributed by atoms with Crippen molar-refractivity contribution in [3.63, 3.8) is 0 Å². The number of terminal acetylenes is 1. The molecule has 0 aliphatic carbocycles. The summed E-state index contributed by atoms with van der Waals surface area (Å²) in [5.41, 5.74) is 3.17. The Balaban J connectivity index is 2.11. The fraction of sp³-hybridized carbons (Fsp3) is 0.0588. The third-order valence-corrected chi connectivity index (χ3v) is 2.66. The van der Waals surface area contributed by atoms with Crippen LogP contribution in [0.15, 0.2) is 48.5 Å². The molecule has 0 aliphatic heterocycles. The zero-order chi connectivity index (χ0) is 12.8. The fourth-order valence-electron chi connectivity index (χ4n) is 1.60. The van der Waals surface area contributed by atoms with E-state index < -0.39 is 0 Å². The van der Waals surface area contributed by atoms with E-state index in [2.05, 4.69) is 18.1 Å². The van der Waals surface area contributed by atoms with Gasteiger partial charge in [-0.05, 0) is 35.4 Å². The molecule has 1 heteroatoms. The first-order valence-electron chi connectivity index (χ1n) is 5.70. The van der Waals surface area contributed by atoms with Crippen molar-refractivity contribution in [1.29, 1.82) is 0 Å². The molecule has 0 atom stereocenters. The SMILES string of the molecule is C#Cc1ccc(/C=C/c2ccc(OC)cc2)cc1. The summed E-state index contributed by atoms with van der Waals surface area (Å²) in [6, 6.07) is 15.8. The first-order chi connectivity index (χ1) is 8.81. The van der Waals surface area contributed by atoms with E-state index in [1.807, 2.05) is 48.5 Å². The molecule has 0 saturated carbocycles. The highest BCUT2D eigenvalue weighted by atomic mass is 16.5. The van der Waals surface area contributed by atoms with Gasteiger partial charge in [0.15, 0.2) is 0 Å². The van der Waals surface area contributed by atoms with Gasteiger partial charge in [0, 0.05) is 5.56 Å². The molecule has 0 aromatic heterocycles. The number of ether oxygens (including phenoxy) is 1. The zero-order valence-electron chi connectivity index (χ0n) is 10.3. The standard InChI is InChI=1S/C17H14O/c1-3-14-4-6-15(7-5-14)8-9-16-10-12-17(18-2)13-11-16/h1,4-13H,2H3/b9-8+. The largest absolute Gasteiger partial charge is 0.497 e. The molecule has 0 fully saturated rings. The van der Waals surface area contributed by atoms with Gasteiger partial charge in [0.05, 0.1) is 7.11 Å². The minimum absolute atomic E-state index is 0.866. The third kappa shape index (κ3) is 3.02. The first-order valence-corrected chi connectivity index (χ1v) is 5.70. The van der Waals surface area contributed by atoms with Crippen LogP contribution in [0.2, 0.25) is 0 Å². The van der Waals surface area contributed by atoms with Crippen LogP contribution in [0.5, 0.6) is 5.75 Å². The molecule has 0 spiro atoms. The topological polar surface area (TPSA) is 9.23 Å². The Morgan fingerprint density at radius 1 is 0.889 bits per heavy atom. The highest BCUT2D eigenvalue weighted by molar-refractivity contribution is 5.70. The summed E-state index contributed by atoms with van der Waals surface area (Å²) < 4.78 is 5.11. The summed E-state index contributed by atoms with van der Waals surface area (Å²) in [4.78, 5) is 0. The molecule has 1 nitrogen and oxygen atoms in total. The summed E-state index contributed by atoms with van der Waals surface area (Å²) in [6.45, 7) is 0. The van der Waals surface area contributed by atoms with Gasteiger partial charge in [0.1, 0.15) is 5.75 Å². The Kier molecular flexibility index (Phi) is 3.83. The quantitative estimate of drug-likeness (QED) is 0.579. The average molecular weight is 234 g/mol. The van der Waals surface area contributed by atoms with Crippen molar-refractivity contribution < 1.29 is 4.74 Å². The summed E-state index contributed by atoms with van der Waals surface area (Å²) in [6.07, 6.45) is 9.43. The van der Waals surface area contributed by atoms with Gasteiger partial charge in [0.25, 0.3) is 0 Å². The Hall–Kier alpha value is -2.46. The Labute approximate surface area is 108 Å². The van der Waals surface area contributed by atoms with E-state index >= 15 is 0 Å². The molecule has 0 heterocycles. The van der Waals surface area contributed by atoms with Gasteiger partial charge in [-0.1, -0.05) is 42.3 Å². The van der Waals surface area contributed by atoms with Gasteiger partial charge in [-0.2, -0.15) is 0 Å². The molecule has 18 heavy (non-hydrogen) atoms. The summed E-state index contributed by atoms with van der Waals surface area (Å²) >= 11 is 0. The van der Waals surface area contributed by atoms with Crippen LogP contribution in [-0.4, -0.2) is 7.11 Å². The van der Waals surface area contributed by atoms with Crippen molar-refractivity contribution in [3.8, 4) is 18.1 Å². The predicted molar refractivity (Wildman–Crippen MR) is 76.3 cm³/mol. The lowest BCUT2D eigenvalue weighted by molar-refractivity contribution is 0.415. The predicted octanol–water partition coefficient (Wildman–Crippen LogP) is 3.85. The van der Waals surface area contributed by atoms with E-state index in [1.165, 1.54) is 0 Å². The highest BCUT2D eigenvalue weighted by Crippen LogP contribution is 2.14. The monoisotopic (exact) mass is 234 g/mol. The molecule has 2 rings (SSSR count). The minimum atomic E-state index is 0.866. The Morgan fingerprint density at radius 3 is 1.83 bits per heavy atom. The molecule has 88 valence electrons. The van der Waals surface area contributed by atoms with Crippen LogP contribution < -0.4 is 4.74 Å². The zero-order valence-corrected chi connectivity index (χ0v) is 10.3. The lowest BCUT2D eigenvalue weighted by Crippen LogP contribution is -1.81. The van der Waals surface area contributed by atoms with Gasteiger partial charge in [-0.3, -0.25) is 0 Å². The van der Waals surface area contributed by atoms with Crippen LogP contribution in [0, 0.1) is 12.3 Å². The van der Waals surface area contributed by atoms with Crippen molar-refractivity contribution in [2.75, 3.05) is 7.11 Å². The van der Waals surface area contributed by atoms with E-state index in [0.29, 0.717) is 0 Å². The van der Waals surface area contributed by atoms with Crippen molar-refractivity contribution >= 4 is 12.2 Å². The number of methoxy groups -OCH3 is 1. The van der Waals surface area contributed by atoms with Crippen LogP contribution >= 0.6 is 0 Å². The molecule has 0 amide bonds. The van der Waals surface area contributed by atoms with Crippen LogP contribution in [0.1, 0.15) is 16.7 Å². The lowest BCUT2D eigenvalue weighted by atomic mass is 10.1. The first kappa shape index (κ1) is 12.0. The van der Waals surface area contributed by atoms with E-state index in [9.17, 15) is 0 Å². The van der Waals surface area contributed by atoms with Crippen LogP contribution in [0.3, 0.4) is 0 Å². The molecular weight excluding hydrogens is 220 g/mol. The number of rotatable bonds is 3. The molecule has 0 saturated heterocycles. The van der Waals surface area contributed by atoms with E-state index in [0.717, 1.165) is 22.4 Å². The second kappa shape index (κ2) is 5.75. The summed E-state index contributed by atoms with van der Waals surface area (Å²) in [7, 11) is 1.66. The van der Waals surface area contributed by atoms with Crippen LogP contribution in [0.25, 0.3) is 12.2 Å².